The van der Waals surface area contributed by atoms with Crippen LogP contribution in [0.15, 0.2) is 54.7 Å². The molecule has 8 nitrogen and oxygen atoms in total. The number of ether oxygens (including phenoxy) is 1. The fourth-order valence-electron chi connectivity index (χ4n) is 5.42. The maximum Gasteiger partial charge on any atom is 0.325 e. The summed E-state index contributed by atoms with van der Waals surface area (Å²) in [6, 6.07) is 11.0. The lowest BCUT2D eigenvalue weighted by Crippen LogP contribution is -2.54. The van der Waals surface area contributed by atoms with E-state index < -0.39 is 11.6 Å². The molecule has 4 amide bonds. The number of amides is 4. The number of nitrogens with zero attached hydrogens (tertiary/aromatic N) is 3. The van der Waals surface area contributed by atoms with Gasteiger partial charge in [0.15, 0.2) is 5.54 Å². The highest BCUT2D eigenvalue weighted by Gasteiger charge is 2.58. The fourth-order valence-corrected chi connectivity index (χ4v) is 5.42. The lowest BCUT2D eigenvalue weighted by molar-refractivity contribution is -0.136. The Balaban J connectivity index is 1.32. The lowest BCUT2D eigenvalue weighted by Gasteiger charge is -2.40. The topological polar surface area (TPSA) is 91.8 Å². The minimum absolute atomic E-state index is 0.149. The van der Waals surface area contributed by atoms with Gasteiger partial charge in [0, 0.05) is 37.9 Å². The van der Waals surface area contributed by atoms with Crippen molar-refractivity contribution >= 4 is 23.9 Å². The van der Waals surface area contributed by atoms with Crippen molar-refractivity contribution in [1.29, 1.82) is 0 Å². The van der Waals surface area contributed by atoms with E-state index in [0.717, 1.165) is 12.8 Å². The molecule has 2 unspecified atom stereocenters. The highest BCUT2D eigenvalue weighted by Crippen LogP contribution is 2.41. The molecule has 3 aliphatic heterocycles. The van der Waals surface area contributed by atoms with E-state index >= 15 is 0 Å². The normalized spacial score (nSPS) is 25.1. The Labute approximate surface area is 209 Å². The van der Waals surface area contributed by atoms with E-state index in [-0.39, 0.29) is 36.2 Å². The number of rotatable bonds is 6. The van der Waals surface area contributed by atoms with Crippen LogP contribution in [0.2, 0.25) is 0 Å². The minimum atomic E-state index is -1.27. The molecule has 0 radical (unpaired) electrons. The number of imide groups is 1. The van der Waals surface area contributed by atoms with E-state index in [1.165, 1.54) is 23.1 Å². The van der Waals surface area contributed by atoms with E-state index in [1.54, 1.807) is 41.4 Å². The molecule has 5 rings (SSSR count). The molecule has 0 saturated carbocycles. The van der Waals surface area contributed by atoms with Crippen molar-refractivity contribution in [3.63, 3.8) is 0 Å². The van der Waals surface area contributed by atoms with Gasteiger partial charge in [-0.2, -0.15) is 0 Å². The molecule has 188 valence electrons. The molecule has 0 bridgehead atoms. The van der Waals surface area contributed by atoms with E-state index in [4.69, 9.17) is 4.74 Å². The molecule has 0 aliphatic carbocycles. The molecule has 1 N–H and O–H groups in total. The Morgan fingerprint density at radius 2 is 2.00 bits per heavy atom. The number of hydrogen-bond acceptors (Lipinski definition) is 5. The van der Waals surface area contributed by atoms with Crippen molar-refractivity contribution in [1.82, 2.24) is 20.1 Å². The Kier molecular flexibility index (Phi) is 6.82. The van der Waals surface area contributed by atoms with Crippen LogP contribution in [0, 0.1) is 11.7 Å². The summed E-state index contributed by atoms with van der Waals surface area (Å²) >= 11 is 0. The first-order chi connectivity index (χ1) is 17.5. The van der Waals surface area contributed by atoms with Gasteiger partial charge in [0.25, 0.3) is 5.91 Å². The Morgan fingerprint density at radius 1 is 1.17 bits per heavy atom. The fraction of sp³-hybridized carbons (Fsp3) is 0.407. The maximum atomic E-state index is 13.9. The molecule has 1 aromatic heterocycles. The van der Waals surface area contributed by atoms with Gasteiger partial charge in [0.2, 0.25) is 5.91 Å². The van der Waals surface area contributed by atoms with Gasteiger partial charge in [0.05, 0.1) is 18.3 Å². The number of aromatic nitrogens is 1. The van der Waals surface area contributed by atoms with Crippen LogP contribution in [0.4, 0.5) is 9.18 Å². The summed E-state index contributed by atoms with van der Waals surface area (Å²) in [7, 11) is 0. The number of hydrogen-bond donors (Lipinski definition) is 1. The molecule has 36 heavy (non-hydrogen) atoms. The first-order valence-corrected chi connectivity index (χ1v) is 12.4. The van der Waals surface area contributed by atoms with Crippen LogP contribution in [0.3, 0.4) is 0 Å². The molecule has 9 heteroatoms. The van der Waals surface area contributed by atoms with Gasteiger partial charge in [-0.25, -0.2) is 9.18 Å². The molecule has 0 spiro atoms. The average Bonchev–Trinajstić information content (AvgIpc) is 3.51. The number of urea groups is 1. The zero-order valence-corrected chi connectivity index (χ0v) is 19.9. The van der Waals surface area contributed by atoms with Crippen LogP contribution >= 0.6 is 0 Å². The largest absolute Gasteiger partial charge is 0.376 e. The summed E-state index contributed by atoms with van der Waals surface area (Å²) in [4.78, 5) is 47.1. The Hall–Kier alpha value is -3.59. The summed E-state index contributed by atoms with van der Waals surface area (Å²) in [5, 5.41) is 2.99. The van der Waals surface area contributed by atoms with Crippen molar-refractivity contribution in [2.24, 2.45) is 5.92 Å². The third kappa shape index (κ3) is 4.63. The number of benzene rings is 1. The van der Waals surface area contributed by atoms with Crippen LogP contribution < -0.4 is 5.32 Å². The molecule has 3 fully saturated rings. The number of nitrogens with one attached hydrogen (secondary N) is 1. The molecular formula is C27H29FN4O4. The number of carbonyl (C=O) groups excluding carboxylic acids is 3. The number of halogens is 1. The Bertz CT molecular complexity index is 1160. The van der Waals surface area contributed by atoms with Crippen molar-refractivity contribution in [3.05, 3.63) is 71.8 Å². The molecular weight excluding hydrogens is 463 g/mol. The van der Waals surface area contributed by atoms with Gasteiger partial charge >= 0.3 is 6.03 Å². The van der Waals surface area contributed by atoms with Gasteiger partial charge in [-0.15, -0.1) is 0 Å². The molecule has 2 atom stereocenters. The van der Waals surface area contributed by atoms with Gasteiger partial charge in [-0.1, -0.05) is 18.2 Å². The number of likely N-dealkylation sites (tertiary alicyclic amines) is 1. The Morgan fingerprint density at radius 3 is 2.69 bits per heavy atom. The van der Waals surface area contributed by atoms with E-state index in [0.29, 0.717) is 43.8 Å². The smallest absolute Gasteiger partial charge is 0.325 e. The quantitative estimate of drug-likeness (QED) is 0.494. The SMILES string of the molecule is O=C(/C=C/c1cccc(F)c1)N1CCC(C2(c3ccccn3)NC(=O)N(CC3CCCO3)C2=O)CC1. The second-order valence-electron chi connectivity index (χ2n) is 9.49. The van der Waals surface area contributed by atoms with E-state index in [2.05, 4.69) is 10.3 Å². The summed E-state index contributed by atoms with van der Waals surface area (Å²) in [6.45, 7) is 1.72. The van der Waals surface area contributed by atoms with E-state index in [9.17, 15) is 18.8 Å². The summed E-state index contributed by atoms with van der Waals surface area (Å²) < 4.78 is 19.1. The third-order valence-corrected chi connectivity index (χ3v) is 7.30. The molecule has 2 aromatic rings. The highest BCUT2D eigenvalue weighted by molar-refractivity contribution is 6.07. The number of pyridine rings is 1. The van der Waals surface area contributed by atoms with Gasteiger partial charge in [-0.05, 0) is 61.6 Å². The minimum Gasteiger partial charge on any atom is -0.376 e. The van der Waals surface area contributed by atoms with Gasteiger partial charge in [-0.3, -0.25) is 19.5 Å². The zero-order chi connectivity index (χ0) is 25.1. The van der Waals surface area contributed by atoms with Crippen molar-refractivity contribution < 1.29 is 23.5 Å². The predicted octanol–water partition coefficient (Wildman–Crippen LogP) is 3.10. The van der Waals surface area contributed by atoms with Gasteiger partial charge in [0.1, 0.15) is 5.82 Å². The number of carbonyl (C=O) groups is 3. The second-order valence-corrected chi connectivity index (χ2v) is 9.49. The second kappa shape index (κ2) is 10.2. The third-order valence-electron chi connectivity index (χ3n) is 7.30. The monoisotopic (exact) mass is 492 g/mol. The molecule has 1 aromatic carbocycles. The zero-order valence-electron chi connectivity index (χ0n) is 19.9. The maximum absolute atomic E-state index is 13.9. The van der Waals surface area contributed by atoms with Crippen molar-refractivity contribution in [3.8, 4) is 0 Å². The van der Waals surface area contributed by atoms with E-state index in [1.807, 2.05) is 6.07 Å². The summed E-state index contributed by atoms with van der Waals surface area (Å²) in [6.07, 6.45) is 7.29. The van der Waals surface area contributed by atoms with Gasteiger partial charge < -0.3 is 15.0 Å². The summed E-state index contributed by atoms with van der Waals surface area (Å²) in [5.41, 5.74) is -0.157. The van der Waals surface area contributed by atoms with Crippen molar-refractivity contribution in [2.75, 3.05) is 26.2 Å². The standard InChI is InChI=1S/C27H29FN4O4/c28-21-6-3-5-19(17-21)9-10-24(33)31-14-11-20(12-15-31)27(23-8-1-2-13-29-23)25(34)32(26(35)30-27)18-22-7-4-16-36-22/h1-3,5-6,8-10,13,17,20,22H,4,7,11-12,14-16,18H2,(H,30,35)/b10-9+. The van der Waals surface area contributed by atoms with Crippen LogP contribution in [0.25, 0.3) is 6.08 Å². The predicted molar refractivity (Wildman–Crippen MR) is 130 cm³/mol. The van der Waals surface area contributed by atoms with Crippen molar-refractivity contribution in [2.45, 2.75) is 37.3 Å². The highest BCUT2D eigenvalue weighted by atomic mass is 19.1. The summed E-state index contributed by atoms with van der Waals surface area (Å²) in [5.74, 6) is -1.07. The van der Waals surface area contributed by atoms with Crippen LogP contribution in [-0.4, -0.2) is 65.0 Å². The molecule has 3 saturated heterocycles. The number of piperidine rings is 1. The molecule has 3 aliphatic rings. The van der Waals surface area contributed by atoms with Crippen LogP contribution in [0.1, 0.15) is 36.9 Å². The average molecular weight is 493 g/mol. The van der Waals surface area contributed by atoms with Crippen LogP contribution in [-0.2, 0) is 19.9 Å². The molecule has 4 heterocycles. The first kappa shape index (κ1) is 24.1. The first-order valence-electron chi connectivity index (χ1n) is 12.4. The van der Waals surface area contributed by atoms with Crippen LogP contribution in [0.5, 0.6) is 0 Å². The lowest BCUT2D eigenvalue weighted by atomic mass is 9.75.